The Kier molecular flexibility index (Phi) is 4.04. The van der Waals surface area contributed by atoms with Gasteiger partial charge in [-0.15, -0.1) is 0 Å². The molecule has 0 aromatic heterocycles. The van der Waals surface area contributed by atoms with Crippen molar-refractivity contribution in [2.45, 2.75) is 77.2 Å². The molecule has 0 bridgehead atoms. The SMILES string of the molecule is CCc1[c]cc2c(c1)[C@H]1CC[C@]3(C)C(OC)CCC[C@H]3[C@@H]1CC2. The van der Waals surface area contributed by atoms with Crippen molar-refractivity contribution in [1.29, 1.82) is 0 Å². The summed E-state index contributed by atoms with van der Waals surface area (Å²) in [4.78, 5) is 0. The Morgan fingerprint density at radius 2 is 2.13 bits per heavy atom. The van der Waals surface area contributed by atoms with Crippen molar-refractivity contribution in [3.8, 4) is 0 Å². The van der Waals surface area contributed by atoms with Crippen LogP contribution in [0, 0.1) is 23.3 Å². The first-order valence-electron chi connectivity index (χ1n) is 9.73. The van der Waals surface area contributed by atoms with Crippen LogP contribution in [0.15, 0.2) is 12.1 Å². The molecule has 1 heteroatoms. The molecular formula is C22H31O. The Labute approximate surface area is 141 Å². The second kappa shape index (κ2) is 5.92. The van der Waals surface area contributed by atoms with Gasteiger partial charge in [0.25, 0.3) is 0 Å². The molecule has 1 aromatic rings. The first-order chi connectivity index (χ1) is 11.2. The third kappa shape index (κ3) is 2.38. The lowest BCUT2D eigenvalue weighted by atomic mass is 9.50. The summed E-state index contributed by atoms with van der Waals surface area (Å²) in [5.74, 6) is 2.54. The Bertz CT molecular complexity index is 577. The van der Waals surface area contributed by atoms with E-state index in [2.05, 4.69) is 32.0 Å². The molecule has 3 aliphatic carbocycles. The summed E-state index contributed by atoms with van der Waals surface area (Å²) >= 11 is 0. The first-order valence-corrected chi connectivity index (χ1v) is 9.73. The second-order valence-electron chi connectivity index (χ2n) is 8.41. The fourth-order valence-corrected chi connectivity index (χ4v) is 6.28. The predicted molar refractivity (Wildman–Crippen MR) is 94.7 cm³/mol. The number of fused-ring (bicyclic) bond motifs is 5. The average molecular weight is 311 g/mol. The lowest BCUT2D eigenvalue weighted by Gasteiger charge is -2.57. The maximum atomic E-state index is 5.94. The van der Waals surface area contributed by atoms with Gasteiger partial charge in [0.1, 0.15) is 0 Å². The number of aryl methyl sites for hydroxylation is 2. The van der Waals surface area contributed by atoms with Crippen LogP contribution in [0.1, 0.15) is 75.0 Å². The maximum absolute atomic E-state index is 5.94. The van der Waals surface area contributed by atoms with Gasteiger partial charge >= 0.3 is 0 Å². The van der Waals surface area contributed by atoms with Crippen LogP contribution in [0.25, 0.3) is 0 Å². The highest BCUT2D eigenvalue weighted by molar-refractivity contribution is 5.37. The third-order valence-corrected chi connectivity index (χ3v) is 7.54. The van der Waals surface area contributed by atoms with Gasteiger partial charge in [0, 0.05) is 7.11 Å². The Morgan fingerprint density at radius 3 is 2.91 bits per heavy atom. The van der Waals surface area contributed by atoms with Crippen LogP contribution in [-0.4, -0.2) is 13.2 Å². The molecule has 0 aliphatic heterocycles. The zero-order valence-electron chi connectivity index (χ0n) is 15.0. The molecule has 1 unspecified atom stereocenters. The van der Waals surface area contributed by atoms with Crippen LogP contribution in [0.5, 0.6) is 0 Å². The lowest BCUT2D eigenvalue weighted by molar-refractivity contribution is -0.114. The van der Waals surface area contributed by atoms with Crippen LogP contribution >= 0.6 is 0 Å². The van der Waals surface area contributed by atoms with Crippen molar-refractivity contribution in [3.63, 3.8) is 0 Å². The summed E-state index contributed by atoms with van der Waals surface area (Å²) in [6.45, 7) is 4.79. The van der Waals surface area contributed by atoms with Crippen LogP contribution < -0.4 is 0 Å². The van der Waals surface area contributed by atoms with E-state index < -0.39 is 0 Å². The van der Waals surface area contributed by atoms with Crippen LogP contribution in [-0.2, 0) is 17.6 Å². The van der Waals surface area contributed by atoms with Gasteiger partial charge in [0.15, 0.2) is 0 Å². The summed E-state index contributed by atoms with van der Waals surface area (Å²) in [6, 6.07) is 8.30. The van der Waals surface area contributed by atoms with E-state index in [1.807, 2.05) is 7.11 Å². The van der Waals surface area contributed by atoms with Crippen LogP contribution in [0.2, 0.25) is 0 Å². The third-order valence-electron chi connectivity index (χ3n) is 7.54. The van der Waals surface area contributed by atoms with Gasteiger partial charge in [-0.2, -0.15) is 0 Å². The van der Waals surface area contributed by atoms with E-state index in [0.29, 0.717) is 11.5 Å². The number of ether oxygens (including phenoxy) is 1. The molecule has 1 nitrogen and oxygen atoms in total. The van der Waals surface area contributed by atoms with E-state index in [0.717, 1.165) is 24.2 Å². The van der Waals surface area contributed by atoms with Crippen molar-refractivity contribution in [3.05, 3.63) is 34.9 Å². The normalized spacial score (nSPS) is 39.3. The summed E-state index contributed by atoms with van der Waals surface area (Å²) in [6.07, 6.45) is 11.0. The second-order valence-corrected chi connectivity index (χ2v) is 8.41. The molecule has 1 aromatic carbocycles. The molecule has 0 spiro atoms. The van der Waals surface area contributed by atoms with E-state index in [1.54, 1.807) is 11.1 Å². The number of hydrogen-bond acceptors (Lipinski definition) is 1. The molecule has 125 valence electrons. The highest BCUT2D eigenvalue weighted by Gasteiger charge is 2.53. The van der Waals surface area contributed by atoms with Crippen molar-refractivity contribution in [2.24, 2.45) is 17.3 Å². The Hall–Kier alpha value is -0.820. The van der Waals surface area contributed by atoms with Gasteiger partial charge in [0.2, 0.25) is 0 Å². The summed E-state index contributed by atoms with van der Waals surface area (Å²) in [5, 5.41) is 0. The van der Waals surface area contributed by atoms with Crippen molar-refractivity contribution in [2.75, 3.05) is 7.11 Å². The topological polar surface area (TPSA) is 9.23 Å². The zero-order chi connectivity index (χ0) is 16.0. The monoisotopic (exact) mass is 311 g/mol. The molecule has 5 atom stereocenters. The Morgan fingerprint density at radius 1 is 1.26 bits per heavy atom. The molecule has 1 radical (unpaired) electrons. The molecular weight excluding hydrogens is 280 g/mol. The maximum Gasteiger partial charge on any atom is 0.0627 e. The molecule has 2 saturated carbocycles. The van der Waals surface area contributed by atoms with Crippen LogP contribution in [0.3, 0.4) is 0 Å². The minimum Gasteiger partial charge on any atom is -0.381 e. The van der Waals surface area contributed by atoms with Gasteiger partial charge in [-0.25, -0.2) is 0 Å². The van der Waals surface area contributed by atoms with Crippen molar-refractivity contribution in [1.82, 2.24) is 0 Å². The lowest BCUT2D eigenvalue weighted by Crippen LogP contribution is -2.51. The molecule has 3 aliphatic rings. The average Bonchev–Trinajstić information content (AvgIpc) is 2.59. The van der Waals surface area contributed by atoms with E-state index in [9.17, 15) is 0 Å². The van der Waals surface area contributed by atoms with Gasteiger partial charge in [0.05, 0.1) is 6.10 Å². The van der Waals surface area contributed by atoms with E-state index in [4.69, 9.17) is 4.74 Å². The van der Waals surface area contributed by atoms with E-state index in [1.165, 1.54) is 50.5 Å². The fraction of sp³-hybridized carbons (Fsp3) is 0.727. The first kappa shape index (κ1) is 15.7. The highest BCUT2D eigenvalue weighted by Crippen LogP contribution is 2.60. The van der Waals surface area contributed by atoms with Crippen LogP contribution in [0.4, 0.5) is 0 Å². The van der Waals surface area contributed by atoms with Gasteiger partial charge < -0.3 is 4.74 Å². The van der Waals surface area contributed by atoms with Gasteiger partial charge in [-0.05, 0) is 90.9 Å². The minimum atomic E-state index is 0.417. The number of methoxy groups -OCH3 is 1. The van der Waals surface area contributed by atoms with E-state index in [-0.39, 0.29) is 0 Å². The zero-order valence-corrected chi connectivity index (χ0v) is 15.0. The molecule has 0 saturated heterocycles. The summed E-state index contributed by atoms with van der Waals surface area (Å²) in [7, 11) is 1.93. The largest absolute Gasteiger partial charge is 0.381 e. The van der Waals surface area contributed by atoms with E-state index >= 15 is 0 Å². The van der Waals surface area contributed by atoms with Crippen molar-refractivity contribution >= 4 is 0 Å². The molecule has 0 amide bonds. The number of hydrogen-bond donors (Lipinski definition) is 0. The fourth-order valence-electron chi connectivity index (χ4n) is 6.28. The quantitative estimate of drug-likeness (QED) is 0.719. The number of rotatable bonds is 2. The predicted octanol–water partition coefficient (Wildman–Crippen LogP) is 5.31. The highest BCUT2D eigenvalue weighted by atomic mass is 16.5. The molecule has 2 fully saturated rings. The Balaban J connectivity index is 1.68. The summed E-state index contributed by atoms with van der Waals surface area (Å²) in [5.41, 5.74) is 5.08. The molecule has 0 N–H and O–H groups in total. The standard InChI is InChI=1S/C22H31O/c1-4-15-8-9-16-10-11-18-17(19(16)14-15)12-13-22(2)20(18)6-5-7-21(22)23-3/h9,14,17-18,20-21H,4-7,10-13H2,1-3H3/t17-,18+,20-,21?,22-/m0/s1. The van der Waals surface area contributed by atoms with Crippen molar-refractivity contribution < 1.29 is 4.74 Å². The number of benzene rings is 1. The minimum absolute atomic E-state index is 0.417. The molecule has 4 rings (SSSR count). The molecule has 23 heavy (non-hydrogen) atoms. The smallest absolute Gasteiger partial charge is 0.0627 e. The summed E-state index contributed by atoms with van der Waals surface area (Å²) < 4.78 is 5.94. The molecule has 0 heterocycles. The van der Waals surface area contributed by atoms with Gasteiger partial charge in [-0.1, -0.05) is 32.4 Å². The van der Waals surface area contributed by atoms with Gasteiger partial charge in [-0.3, -0.25) is 0 Å².